The highest BCUT2D eigenvalue weighted by molar-refractivity contribution is 5.83. The maximum absolute atomic E-state index is 10.0. The van der Waals surface area contributed by atoms with E-state index in [1.165, 1.54) is 0 Å². The Bertz CT molecular complexity index is 453. The first-order valence-electron chi connectivity index (χ1n) is 5.47. The summed E-state index contributed by atoms with van der Waals surface area (Å²) < 4.78 is 4.87. The van der Waals surface area contributed by atoms with E-state index in [1.807, 2.05) is 6.07 Å². The second kappa shape index (κ2) is 9.28. The van der Waals surface area contributed by atoms with Crippen molar-refractivity contribution >= 4 is 17.9 Å². The Balaban J connectivity index is 0.000000384. The van der Waals surface area contributed by atoms with Crippen LogP contribution in [0.25, 0.3) is 0 Å². The Morgan fingerprint density at radius 1 is 0.905 bits per heavy atom. The van der Waals surface area contributed by atoms with Gasteiger partial charge in [-0.3, -0.25) is 0 Å². The fourth-order valence-electron chi connectivity index (χ4n) is 0.932. The highest BCUT2D eigenvalue weighted by atomic mass is 16.5. The summed E-state index contributed by atoms with van der Waals surface area (Å²) in [5, 5.41) is 40.8. The van der Waals surface area contributed by atoms with Gasteiger partial charge in [0.05, 0.1) is 0 Å². The molecule has 21 heavy (non-hydrogen) atoms. The van der Waals surface area contributed by atoms with Gasteiger partial charge in [0.2, 0.25) is 0 Å². The number of hydrogen-bond acceptors (Lipinski definition) is 6. The first-order chi connectivity index (χ1) is 9.75. The number of benzene rings is 1. The van der Waals surface area contributed by atoms with E-state index in [4.69, 9.17) is 30.3 Å². The maximum atomic E-state index is 10.0. The van der Waals surface area contributed by atoms with Gasteiger partial charge in [0, 0.05) is 0 Å². The first kappa shape index (κ1) is 18.4. The zero-order chi connectivity index (χ0) is 16.4. The largest absolute Gasteiger partial charge is 0.482 e. The molecule has 1 aromatic carbocycles. The number of hydrogen-bond donors (Lipinski definition) is 5. The van der Waals surface area contributed by atoms with E-state index in [1.54, 1.807) is 24.3 Å². The molecule has 0 aliphatic heterocycles. The minimum Gasteiger partial charge on any atom is -0.482 e. The number of para-hydroxylation sites is 1. The lowest BCUT2D eigenvalue weighted by Gasteiger charge is -2.07. The van der Waals surface area contributed by atoms with Crippen LogP contribution in [-0.4, -0.2) is 62.3 Å². The van der Waals surface area contributed by atoms with Crippen LogP contribution in [0, 0.1) is 0 Å². The Hall–Kier alpha value is -2.65. The van der Waals surface area contributed by atoms with Crippen molar-refractivity contribution in [2.45, 2.75) is 12.2 Å². The molecule has 1 rings (SSSR count). The topological polar surface area (TPSA) is 162 Å². The molecular formula is C12H14O9. The van der Waals surface area contributed by atoms with Gasteiger partial charge in [-0.25, -0.2) is 14.4 Å². The lowest BCUT2D eigenvalue weighted by molar-refractivity contribution is -0.165. The van der Waals surface area contributed by atoms with Gasteiger partial charge in [-0.2, -0.15) is 0 Å². The highest BCUT2D eigenvalue weighted by Crippen LogP contribution is 2.07. The average molecular weight is 302 g/mol. The summed E-state index contributed by atoms with van der Waals surface area (Å²) >= 11 is 0. The van der Waals surface area contributed by atoms with E-state index in [9.17, 15) is 14.4 Å². The smallest absolute Gasteiger partial charge is 0.341 e. The van der Waals surface area contributed by atoms with Gasteiger partial charge in [-0.05, 0) is 12.1 Å². The van der Waals surface area contributed by atoms with Crippen LogP contribution in [0.15, 0.2) is 30.3 Å². The molecule has 9 nitrogen and oxygen atoms in total. The zero-order valence-electron chi connectivity index (χ0n) is 10.6. The molecular weight excluding hydrogens is 288 g/mol. The van der Waals surface area contributed by atoms with E-state index >= 15 is 0 Å². The molecule has 0 aliphatic carbocycles. The van der Waals surface area contributed by atoms with Crippen LogP contribution in [0.3, 0.4) is 0 Å². The minimum atomic E-state index is -2.27. The number of ether oxygens (including phenoxy) is 1. The average Bonchev–Trinajstić information content (AvgIpc) is 2.45. The van der Waals surface area contributed by atoms with E-state index in [2.05, 4.69) is 0 Å². The zero-order valence-corrected chi connectivity index (χ0v) is 10.6. The Morgan fingerprint density at radius 3 is 1.67 bits per heavy atom. The summed E-state index contributed by atoms with van der Waals surface area (Å²) in [7, 11) is 0. The summed E-state index contributed by atoms with van der Waals surface area (Å²) in [6, 6.07) is 8.84. The number of aliphatic hydroxyl groups excluding tert-OH is 2. The molecule has 0 bridgehead atoms. The van der Waals surface area contributed by atoms with Crippen molar-refractivity contribution < 1.29 is 44.7 Å². The third-order valence-electron chi connectivity index (χ3n) is 1.91. The van der Waals surface area contributed by atoms with Crippen molar-refractivity contribution in [3.05, 3.63) is 30.3 Å². The molecule has 116 valence electrons. The molecule has 0 radical (unpaired) electrons. The molecule has 1 aromatic rings. The molecule has 0 saturated heterocycles. The molecule has 0 saturated carbocycles. The van der Waals surface area contributed by atoms with Crippen molar-refractivity contribution in [3.8, 4) is 5.75 Å². The third kappa shape index (κ3) is 8.18. The summed E-state index contributed by atoms with van der Waals surface area (Å²) in [6.45, 7) is -0.288. The summed E-state index contributed by atoms with van der Waals surface area (Å²) in [6.07, 6.45) is -4.53. The molecule has 2 atom stereocenters. The fourth-order valence-corrected chi connectivity index (χ4v) is 0.932. The maximum Gasteiger partial charge on any atom is 0.341 e. The van der Waals surface area contributed by atoms with Crippen molar-refractivity contribution in [1.82, 2.24) is 0 Å². The second-order valence-electron chi connectivity index (χ2n) is 3.56. The Labute approximate surface area is 118 Å². The predicted octanol–water partition coefficient (Wildman–Crippen LogP) is -0.973. The van der Waals surface area contributed by atoms with Gasteiger partial charge >= 0.3 is 17.9 Å². The normalized spacial score (nSPS) is 12.3. The number of carbonyl (C=O) groups is 3. The molecule has 5 N–H and O–H groups in total. The number of carboxylic acid groups (broad SMARTS) is 3. The van der Waals surface area contributed by atoms with Gasteiger partial charge in [0.1, 0.15) is 5.75 Å². The van der Waals surface area contributed by atoms with Gasteiger partial charge in [0.25, 0.3) is 0 Å². The summed E-state index contributed by atoms with van der Waals surface area (Å²) in [5.74, 6) is -3.92. The lowest BCUT2D eigenvalue weighted by atomic mass is 10.2. The summed E-state index contributed by atoms with van der Waals surface area (Å²) in [4.78, 5) is 29.6. The van der Waals surface area contributed by atoms with Crippen LogP contribution in [0.2, 0.25) is 0 Å². The van der Waals surface area contributed by atoms with Gasteiger partial charge in [-0.1, -0.05) is 18.2 Å². The van der Waals surface area contributed by atoms with Crippen LogP contribution in [-0.2, 0) is 14.4 Å². The lowest BCUT2D eigenvalue weighted by Crippen LogP contribution is -2.39. The van der Waals surface area contributed by atoms with E-state index in [0.29, 0.717) is 5.75 Å². The van der Waals surface area contributed by atoms with Crippen LogP contribution in [0.5, 0.6) is 5.75 Å². The standard InChI is InChI=1S/C8H8O3.C4H6O6/c9-8(10)6-11-7-4-2-1-3-5-7;5-1(3(7)8)2(6)4(9)10/h1-5H,6H2,(H,9,10);1-2,5-6H,(H,7,8)(H,9,10). The monoisotopic (exact) mass is 302 g/mol. The number of aliphatic hydroxyl groups is 2. The molecule has 2 unspecified atom stereocenters. The molecule has 0 aliphatic rings. The van der Waals surface area contributed by atoms with Crippen LogP contribution in [0.1, 0.15) is 0 Å². The minimum absolute atomic E-state index is 0.288. The number of carboxylic acids is 3. The van der Waals surface area contributed by atoms with Gasteiger partial charge < -0.3 is 30.3 Å². The predicted molar refractivity (Wildman–Crippen MR) is 66.9 cm³/mol. The van der Waals surface area contributed by atoms with E-state index in [0.717, 1.165) is 0 Å². The van der Waals surface area contributed by atoms with Crippen molar-refractivity contribution in [2.75, 3.05) is 6.61 Å². The molecule has 9 heteroatoms. The van der Waals surface area contributed by atoms with Crippen molar-refractivity contribution in [3.63, 3.8) is 0 Å². The third-order valence-corrected chi connectivity index (χ3v) is 1.91. The van der Waals surface area contributed by atoms with Gasteiger partial charge in [0.15, 0.2) is 18.8 Å². The molecule has 0 spiro atoms. The van der Waals surface area contributed by atoms with E-state index < -0.39 is 30.1 Å². The fraction of sp³-hybridized carbons (Fsp3) is 0.250. The van der Waals surface area contributed by atoms with Crippen LogP contribution < -0.4 is 4.74 Å². The quantitative estimate of drug-likeness (QED) is 0.445. The molecule has 0 aromatic heterocycles. The molecule has 0 amide bonds. The van der Waals surface area contributed by atoms with Crippen molar-refractivity contribution in [1.29, 1.82) is 0 Å². The Morgan fingerprint density at radius 2 is 1.33 bits per heavy atom. The van der Waals surface area contributed by atoms with Crippen molar-refractivity contribution in [2.24, 2.45) is 0 Å². The Kier molecular flexibility index (Phi) is 8.11. The second-order valence-corrected chi connectivity index (χ2v) is 3.56. The van der Waals surface area contributed by atoms with Gasteiger partial charge in [-0.15, -0.1) is 0 Å². The highest BCUT2D eigenvalue weighted by Gasteiger charge is 2.29. The van der Waals surface area contributed by atoms with Crippen LogP contribution >= 0.6 is 0 Å². The molecule has 0 fully saturated rings. The first-order valence-corrected chi connectivity index (χ1v) is 5.47. The summed E-state index contributed by atoms with van der Waals surface area (Å²) in [5.41, 5.74) is 0. The SMILES string of the molecule is O=C(O)C(O)C(O)C(=O)O.O=C(O)COc1ccccc1. The molecule has 0 heterocycles. The van der Waals surface area contributed by atoms with E-state index in [-0.39, 0.29) is 6.61 Å². The number of aliphatic carboxylic acids is 3. The van der Waals surface area contributed by atoms with Crippen LogP contribution in [0.4, 0.5) is 0 Å². The number of rotatable bonds is 6.